The molecule has 0 aromatic carbocycles. The summed E-state index contributed by atoms with van der Waals surface area (Å²) in [5, 5.41) is 7.45. The number of carbonyl (C=O) groups is 1. The van der Waals surface area contributed by atoms with Crippen LogP contribution in [0.25, 0.3) is 0 Å². The molecule has 0 radical (unpaired) electrons. The van der Waals surface area contributed by atoms with Crippen LogP contribution in [0.3, 0.4) is 0 Å². The molecule has 164 valence electrons. The minimum Gasteiger partial charge on any atom is -0.346 e. The molecule has 0 aliphatic carbocycles. The van der Waals surface area contributed by atoms with Crippen molar-refractivity contribution < 1.29 is 4.79 Å². The van der Waals surface area contributed by atoms with Gasteiger partial charge >= 0.3 is 0 Å². The molecule has 0 saturated heterocycles. The van der Waals surface area contributed by atoms with Crippen LogP contribution in [-0.4, -0.2) is 43.7 Å². The van der Waals surface area contributed by atoms with E-state index in [1.165, 1.54) is 0 Å². The van der Waals surface area contributed by atoms with Gasteiger partial charge in [0.25, 0.3) is 0 Å². The third kappa shape index (κ3) is 4.87. The van der Waals surface area contributed by atoms with Gasteiger partial charge in [0.2, 0.25) is 5.91 Å². The van der Waals surface area contributed by atoms with E-state index in [1.807, 2.05) is 61.9 Å². The molecular weight excluding hydrogens is 410 g/mol. The van der Waals surface area contributed by atoms with Crippen LogP contribution in [0.15, 0.2) is 36.9 Å². The van der Waals surface area contributed by atoms with Crippen molar-refractivity contribution >= 4 is 30.9 Å². The Hall–Kier alpha value is -2.94. The molecule has 31 heavy (non-hydrogen) atoms. The highest BCUT2D eigenvalue weighted by Crippen LogP contribution is 2.33. The SMILES string of the molecule is Cc1nc(CCc2cnn(Cc3cccnc3)c2)nc2c1NC(=O)[C@H](C(C)C)N2C.S. The second-order valence-corrected chi connectivity index (χ2v) is 8.12. The number of anilines is 2. The third-order valence-electron chi connectivity index (χ3n) is 5.41. The van der Waals surface area contributed by atoms with Gasteiger partial charge in [-0.3, -0.25) is 14.5 Å². The lowest BCUT2D eigenvalue weighted by molar-refractivity contribution is -0.118. The summed E-state index contributed by atoms with van der Waals surface area (Å²) in [6.45, 7) is 6.71. The smallest absolute Gasteiger partial charge is 0.247 e. The number of fused-ring (bicyclic) bond motifs is 1. The number of aromatic nitrogens is 5. The molecular formula is C22H29N7OS. The van der Waals surface area contributed by atoms with E-state index < -0.39 is 0 Å². The molecule has 0 saturated carbocycles. The lowest BCUT2D eigenvalue weighted by Crippen LogP contribution is -2.49. The molecule has 1 atom stereocenters. The van der Waals surface area contributed by atoms with Crippen molar-refractivity contribution in [3.63, 3.8) is 0 Å². The number of carbonyl (C=O) groups excluding carboxylic acids is 1. The molecule has 1 aliphatic rings. The molecule has 0 unspecified atom stereocenters. The Morgan fingerprint density at radius 2 is 1.97 bits per heavy atom. The van der Waals surface area contributed by atoms with Crippen molar-refractivity contribution in [3.05, 3.63) is 59.6 Å². The maximum atomic E-state index is 12.5. The first-order valence-corrected chi connectivity index (χ1v) is 10.2. The minimum atomic E-state index is -0.231. The van der Waals surface area contributed by atoms with E-state index >= 15 is 0 Å². The molecule has 9 heteroatoms. The fourth-order valence-electron chi connectivity index (χ4n) is 3.94. The molecule has 4 rings (SSSR count). The van der Waals surface area contributed by atoms with Crippen LogP contribution in [-0.2, 0) is 24.2 Å². The second kappa shape index (κ2) is 9.47. The van der Waals surface area contributed by atoms with Gasteiger partial charge in [-0.25, -0.2) is 9.97 Å². The maximum Gasteiger partial charge on any atom is 0.247 e. The Balaban J connectivity index is 0.00000272. The first-order valence-electron chi connectivity index (χ1n) is 10.2. The molecule has 1 N–H and O–H groups in total. The van der Waals surface area contributed by atoms with E-state index in [0.29, 0.717) is 18.7 Å². The highest BCUT2D eigenvalue weighted by Gasteiger charge is 2.35. The van der Waals surface area contributed by atoms with Crippen molar-refractivity contribution in [3.8, 4) is 0 Å². The van der Waals surface area contributed by atoms with Crippen LogP contribution in [0.1, 0.15) is 36.5 Å². The van der Waals surface area contributed by atoms with Crippen molar-refractivity contribution in [1.29, 1.82) is 0 Å². The van der Waals surface area contributed by atoms with E-state index in [9.17, 15) is 4.79 Å². The predicted molar refractivity (Wildman–Crippen MR) is 126 cm³/mol. The van der Waals surface area contributed by atoms with E-state index in [2.05, 4.69) is 26.6 Å². The monoisotopic (exact) mass is 439 g/mol. The summed E-state index contributed by atoms with van der Waals surface area (Å²) in [5.74, 6) is 1.76. The number of hydrogen-bond acceptors (Lipinski definition) is 6. The third-order valence-corrected chi connectivity index (χ3v) is 5.41. The second-order valence-electron chi connectivity index (χ2n) is 8.12. The lowest BCUT2D eigenvalue weighted by atomic mass is 9.99. The van der Waals surface area contributed by atoms with E-state index in [4.69, 9.17) is 4.98 Å². The Morgan fingerprint density at radius 1 is 1.16 bits per heavy atom. The highest BCUT2D eigenvalue weighted by molar-refractivity contribution is 7.59. The number of nitrogens with zero attached hydrogens (tertiary/aromatic N) is 6. The summed E-state index contributed by atoms with van der Waals surface area (Å²) in [6.07, 6.45) is 9.08. The fraction of sp³-hybridized carbons (Fsp3) is 0.409. The van der Waals surface area contributed by atoms with Gasteiger partial charge in [0.15, 0.2) is 5.82 Å². The molecule has 4 heterocycles. The standard InChI is InChI=1S/C22H27N7O.H2S/c1-14(2)20-22(30)27-19-15(3)25-18(26-21(19)28(20)4)8-7-17-11-24-29(13-17)12-16-6-5-9-23-10-16;/h5-6,9-11,13-14,20H,7-8,12H2,1-4H3,(H,27,30);1H2/t20-;/m0./s1. The van der Waals surface area contributed by atoms with Crippen molar-refractivity contribution in [2.24, 2.45) is 5.92 Å². The summed E-state index contributed by atoms with van der Waals surface area (Å²) in [7, 11) is 1.93. The Labute approximate surface area is 189 Å². The van der Waals surface area contributed by atoms with Crippen LogP contribution >= 0.6 is 13.5 Å². The summed E-state index contributed by atoms with van der Waals surface area (Å²) in [4.78, 5) is 28.0. The number of rotatable bonds is 6. The lowest BCUT2D eigenvalue weighted by Gasteiger charge is -2.36. The summed E-state index contributed by atoms with van der Waals surface area (Å²) < 4.78 is 1.92. The summed E-state index contributed by atoms with van der Waals surface area (Å²) in [5.41, 5.74) is 3.77. The van der Waals surface area contributed by atoms with Crippen molar-refractivity contribution in [2.75, 3.05) is 17.3 Å². The number of amides is 1. The molecule has 0 fully saturated rings. The zero-order chi connectivity index (χ0) is 21.3. The molecule has 3 aromatic heterocycles. The van der Waals surface area contributed by atoms with Gasteiger partial charge in [-0.05, 0) is 36.5 Å². The van der Waals surface area contributed by atoms with Gasteiger partial charge in [-0.2, -0.15) is 18.6 Å². The Kier molecular flexibility index (Phi) is 6.94. The van der Waals surface area contributed by atoms with Gasteiger partial charge in [-0.1, -0.05) is 19.9 Å². The molecule has 0 spiro atoms. The first-order chi connectivity index (χ1) is 14.4. The Bertz CT molecular complexity index is 1050. The average Bonchev–Trinajstić information content (AvgIpc) is 3.15. The quantitative estimate of drug-likeness (QED) is 0.635. The number of aryl methyl sites for hydroxylation is 3. The molecule has 1 amide bonds. The van der Waals surface area contributed by atoms with E-state index in [-0.39, 0.29) is 31.4 Å². The maximum absolute atomic E-state index is 12.5. The first kappa shape index (κ1) is 22.7. The van der Waals surface area contributed by atoms with Crippen molar-refractivity contribution in [1.82, 2.24) is 24.7 Å². The molecule has 3 aromatic rings. The average molecular weight is 440 g/mol. The van der Waals surface area contributed by atoms with Crippen molar-refractivity contribution in [2.45, 2.75) is 46.2 Å². The normalized spacial score (nSPS) is 15.5. The van der Waals surface area contributed by atoms with Gasteiger partial charge in [-0.15, -0.1) is 0 Å². The topological polar surface area (TPSA) is 88.8 Å². The largest absolute Gasteiger partial charge is 0.346 e. The zero-order valence-corrected chi connectivity index (χ0v) is 19.3. The molecule has 0 bridgehead atoms. The van der Waals surface area contributed by atoms with Gasteiger partial charge in [0.1, 0.15) is 17.6 Å². The van der Waals surface area contributed by atoms with E-state index in [1.54, 1.807) is 6.20 Å². The van der Waals surface area contributed by atoms with Crippen LogP contribution in [0, 0.1) is 12.8 Å². The number of hydrogen-bond donors (Lipinski definition) is 1. The summed E-state index contributed by atoms with van der Waals surface area (Å²) >= 11 is 0. The fourth-order valence-corrected chi connectivity index (χ4v) is 3.94. The highest BCUT2D eigenvalue weighted by atomic mass is 32.1. The molecule has 8 nitrogen and oxygen atoms in total. The van der Waals surface area contributed by atoms with Gasteiger partial charge in [0, 0.05) is 32.1 Å². The predicted octanol–water partition coefficient (Wildman–Crippen LogP) is 2.74. The number of nitrogens with one attached hydrogen (secondary N) is 1. The number of likely N-dealkylation sites (N-methyl/N-ethyl adjacent to an activating group) is 1. The zero-order valence-electron chi connectivity index (χ0n) is 18.3. The number of pyridine rings is 1. The van der Waals surface area contributed by atoms with Crippen LogP contribution in [0.5, 0.6) is 0 Å². The minimum absolute atomic E-state index is 0. The van der Waals surface area contributed by atoms with Gasteiger partial charge < -0.3 is 10.2 Å². The Morgan fingerprint density at radius 3 is 2.68 bits per heavy atom. The van der Waals surface area contributed by atoms with Gasteiger partial charge in [0.05, 0.1) is 18.4 Å². The summed E-state index contributed by atoms with van der Waals surface area (Å²) in [6, 6.07) is 3.74. The van der Waals surface area contributed by atoms with Crippen LogP contribution in [0.4, 0.5) is 11.5 Å². The van der Waals surface area contributed by atoms with Crippen LogP contribution < -0.4 is 10.2 Å². The molecule has 1 aliphatic heterocycles. The van der Waals surface area contributed by atoms with E-state index in [0.717, 1.165) is 34.9 Å². The van der Waals surface area contributed by atoms with Crippen LogP contribution in [0.2, 0.25) is 0 Å².